The second kappa shape index (κ2) is 8.50. The van der Waals surface area contributed by atoms with Crippen LogP contribution in [0.4, 0.5) is 5.82 Å². The van der Waals surface area contributed by atoms with Crippen LogP contribution in [0.3, 0.4) is 0 Å². The lowest BCUT2D eigenvalue weighted by atomic mass is 10.3. The maximum Gasteiger partial charge on any atom is 0.332 e. The van der Waals surface area contributed by atoms with Gasteiger partial charge in [0, 0.05) is 13.1 Å². The fourth-order valence-electron chi connectivity index (χ4n) is 2.63. The third-order valence-corrected chi connectivity index (χ3v) is 3.82. The van der Waals surface area contributed by atoms with Crippen LogP contribution in [0.5, 0.6) is 0 Å². The summed E-state index contributed by atoms with van der Waals surface area (Å²) in [5.74, 6) is -0.110. The average Bonchev–Trinajstić information content (AvgIpc) is 3.01. The Morgan fingerprint density at radius 3 is 2.56 bits per heavy atom. The molecule has 0 atom stereocenters. The molecule has 0 aromatic carbocycles. The van der Waals surface area contributed by atoms with Gasteiger partial charge in [0.05, 0.1) is 6.61 Å². The molecule has 2 N–H and O–H groups in total. The Kier molecular flexibility index (Phi) is 6.37. The van der Waals surface area contributed by atoms with Gasteiger partial charge in [0.15, 0.2) is 5.65 Å². The second-order valence-electron chi connectivity index (χ2n) is 5.70. The number of carbonyl (C=O) groups is 1. The molecule has 9 nitrogen and oxygen atoms in total. The van der Waals surface area contributed by atoms with Crippen LogP contribution < -0.4 is 16.6 Å². The van der Waals surface area contributed by atoms with E-state index in [0.29, 0.717) is 31.0 Å². The Bertz CT molecular complexity index is 849. The number of esters is 1. The van der Waals surface area contributed by atoms with Crippen molar-refractivity contribution in [2.45, 2.75) is 53.1 Å². The zero-order valence-electron chi connectivity index (χ0n) is 14.9. The van der Waals surface area contributed by atoms with Gasteiger partial charge in [0.25, 0.3) is 5.56 Å². The highest BCUT2D eigenvalue weighted by molar-refractivity contribution is 5.88. The van der Waals surface area contributed by atoms with E-state index < -0.39 is 11.5 Å². The van der Waals surface area contributed by atoms with Crippen molar-refractivity contribution >= 4 is 22.8 Å². The first-order chi connectivity index (χ1) is 12.0. The molecule has 0 unspecified atom stereocenters. The van der Waals surface area contributed by atoms with Crippen molar-refractivity contribution in [1.29, 1.82) is 0 Å². The van der Waals surface area contributed by atoms with Crippen LogP contribution in [0.1, 0.15) is 40.0 Å². The molecule has 9 heteroatoms. The Hall–Kier alpha value is -2.58. The van der Waals surface area contributed by atoms with Gasteiger partial charge in [-0.05, 0) is 19.8 Å². The molecule has 0 bridgehead atoms. The molecule has 0 amide bonds. The molecule has 2 rings (SSSR count). The topological polar surface area (TPSA) is 111 Å². The summed E-state index contributed by atoms with van der Waals surface area (Å²) in [4.78, 5) is 36.9. The first-order valence-corrected chi connectivity index (χ1v) is 8.66. The number of anilines is 1. The fraction of sp³-hybridized carbons (Fsp3) is 0.625. The minimum atomic E-state index is -0.432. The van der Waals surface area contributed by atoms with Gasteiger partial charge in [0.2, 0.25) is 0 Å². The monoisotopic (exact) mass is 351 g/mol. The number of aromatic amines is 1. The van der Waals surface area contributed by atoms with Crippen LogP contribution in [0.25, 0.3) is 11.0 Å². The van der Waals surface area contributed by atoms with E-state index in [4.69, 9.17) is 4.74 Å². The molecule has 0 radical (unpaired) electrons. The molecule has 25 heavy (non-hydrogen) atoms. The van der Waals surface area contributed by atoms with E-state index in [2.05, 4.69) is 15.5 Å². The summed E-state index contributed by atoms with van der Waals surface area (Å²) in [6.07, 6.45) is 2.38. The molecule has 0 saturated carbocycles. The standard InChI is InChI=1S/C16H25N5O4/c1-4-7-9-20-14-12(15(23)21(8-5-2)16(20)24)13(18-19-14)17-10-11(22)25-6-3/h4-10H2,1-3H3,(H2,17,18,19). The summed E-state index contributed by atoms with van der Waals surface area (Å²) in [5.41, 5.74) is -0.451. The number of hydrogen-bond donors (Lipinski definition) is 2. The molecule has 0 fully saturated rings. The molecule has 0 spiro atoms. The molecule has 138 valence electrons. The number of rotatable bonds is 9. The van der Waals surface area contributed by atoms with Crippen LogP contribution in [-0.2, 0) is 22.6 Å². The maximum atomic E-state index is 12.8. The van der Waals surface area contributed by atoms with E-state index in [0.717, 1.165) is 12.8 Å². The Balaban J connectivity index is 2.52. The molecule has 0 aliphatic heterocycles. The minimum absolute atomic E-state index is 0.0908. The van der Waals surface area contributed by atoms with Gasteiger partial charge in [0.1, 0.15) is 17.7 Å². The Morgan fingerprint density at radius 1 is 1.16 bits per heavy atom. The smallest absolute Gasteiger partial charge is 0.332 e. The van der Waals surface area contributed by atoms with E-state index in [1.807, 2.05) is 13.8 Å². The molecule has 2 heterocycles. The van der Waals surface area contributed by atoms with Crippen molar-refractivity contribution < 1.29 is 9.53 Å². The molecule has 0 aliphatic rings. The third kappa shape index (κ3) is 3.92. The fourth-order valence-corrected chi connectivity index (χ4v) is 2.63. The molecular formula is C16H25N5O4. The number of carbonyl (C=O) groups excluding carboxylic acids is 1. The predicted octanol–water partition coefficient (Wildman–Crippen LogP) is 1.07. The summed E-state index contributed by atoms with van der Waals surface area (Å²) in [6, 6.07) is 0. The summed E-state index contributed by atoms with van der Waals surface area (Å²) >= 11 is 0. The summed E-state index contributed by atoms with van der Waals surface area (Å²) in [7, 11) is 0. The number of ether oxygens (including phenoxy) is 1. The number of aromatic nitrogens is 4. The molecule has 2 aromatic rings. The normalized spacial score (nSPS) is 11.0. The first kappa shape index (κ1) is 18.8. The van der Waals surface area contributed by atoms with Crippen LogP contribution in [-0.4, -0.2) is 38.5 Å². The van der Waals surface area contributed by atoms with Gasteiger partial charge in [-0.2, -0.15) is 5.10 Å². The molecular weight excluding hydrogens is 326 g/mol. The van der Waals surface area contributed by atoms with E-state index in [9.17, 15) is 14.4 Å². The number of fused-ring (bicyclic) bond motifs is 1. The zero-order chi connectivity index (χ0) is 18.4. The second-order valence-corrected chi connectivity index (χ2v) is 5.70. The van der Waals surface area contributed by atoms with Gasteiger partial charge in [-0.25, -0.2) is 4.79 Å². The molecule has 2 aromatic heterocycles. The van der Waals surface area contributed by atoms with Crippen LogP contribution in [0.2, 0.25) is 0 Å². The van der Waals surface area contributed by atoms with Gasteiger partial charge < -0.3 is 10.1 Å². The van der Waals surface area contributed by atoms with E-state index >= 15 is 0 Å². The van der Waals surface area contributed by atoms with Crippen molar-refractivity contribution in [1.82, 2.24) is 19.3 Å². The number of hydrogen-bond acceptors (Lipinski definition) is 6. The quantitative estimate of drug-likeness (QED) is 0.654. The number of H-pyrrole nitrogens is 1. The molecule has 0 aliphatic carbocycles. The highest BCUT2D eigenvalue weighted by Gasteiger charge is 2.19. The number of aryl methyl sites for hydroxylation is 1. The van der Waals surface area contributed by atoms with Crippen LogP contribution in [0.15, 0.2) is 9.59 Å². The van der Waals surface area contributed by atoms with Crippen LogP contribution >= 0.6 is 0 Å². The number of nitrogens with one attached hydrogen (secondary N) is 2. The van der Waals surface area contributed by atoms with Crippen molar-refractivity contribution in [3.63, 3.8) is 0 Å². The highest BCUT2D eigenvalue weighted by Crippen LogP contribution is 2.15. The number of nitrogens with zero attached hydrogens (tertiary/aromatic N) is 3. The average molecular weight is 351 g/mol. The Labute approximate surface area is 145 Å². The summed E-state index contributed by atoms with van der Waals surface area (Å²) in [6.45, 7) is 6.67. The van der Waals surface area contributed by atoms with E-state index in [-0.39, 0.29) is 24.2 Å². The first-order valence-electron chi connectivity index (χ1n) is 8.66. The van der Waals surface area contributed by atoms with Gasteiger partial charge in [-0.1, -0.05) is 20.3 Å². The lowest BCUT2D eigenvalue weighted by molar-refractivity contribution is -0.140. The van der Waals surface area contributed by atoms with Crippen molar-refractivity contribution in [2.24, 2.45) is 0 Å². The van der Waals surface area contributed by atoms with E-state index in [1.165, 1.54) is 9.13 Å². The summed E-state index contributed by atoms with van der Waals surface area (Å²) in [5, 5.41) is 9.98. The third-order valence-electron chi connectivity index (χ3n) is 3.82. The lowest BCUT2D eigenvalue weighted by Crippen LogP contribution is -2.40. The number of unbranched alkanes of at least 4 members (excludes halogenated alkanes) is 1. The lowest BCUT2D eigenvalue weighted by Gasteiger charge is -2.11. The molecule has 0 saturated heterocycles. The van der Waals surface area contributed by atoms with Gasteiger partial charge >= 0.3 is 11.7 Å². The maximum absolute atomic E-state index is 12.8. The predicted molar refractivity (Wildman–Crippen MR) is 94.9 cm³/mol. The zero-order valence-corrected chi connectivity index (χ0v) is 14.9. The minimum Gasteiger partial charge on any atom is -0.465 e. The SMILES string of the molecule is CCCCn1c(=O)n(CCC)c(=O)c2c(NCC(=O)OCC)[nH]nc21. The van der Waals surface area contributed by atoms with Gasteiger partial charge in [-0.3, -0.25) is 23.8 Å². The van der Waals surface area contributed by atoms with E-state index in [1.54, 1.807) is 6.92 Å². The van der Waals surface area contributed by atoms with Gasteiger partial charge in [-0.15, -0.1) is 0 Å². The van der Waals surface area contributed by atoms with Crippen LogP contribution in [0, 0.1) is 0 Å². The van der Waals surface area contributed by atoms with Crippen molar-refractivity contribution in [2.75, 3.05) is 18.5 Å². The highest BCUT2D eigenvalue weighted by atomic mass is 16.5. The van der Waals surface area contributed by atoms with Crippen molar-refractivity contribution in [3.8, 4) is 0 Å². The largest absolute Gasteiger partial charge is 0.465 e. The Morgan fingerprint density at radius 2 is 1.92 bits per heavy atom. The van der Waals surface area contributed by atoms with Crippen molar-refractivity contribution in [3.05, 3.63) is 20.8 Å². The summed E-state index contributed by atoms with van der Waals surface area (Å²) < 4.78 is 7.61.